The Morgan fingerprint density at radius 2 is 2.14 bits per heavy atom. The second kappa shape index (κ2) is 6.25. The summed E-state index contributed by atoms with van der Waals surface area (Å²) >= 11 is 0. The van der Waals surface area contributed by atoms with Crippen LogP contribution in [0.1, 0.15) is 11.5 Å². The maximum Gasteiger partial charge on any atom is 0.117 e. The van der Waals surface area contributed by atoms with Gasteiger partial charge in [0.15, 0.2) is 0 Å². The highest BCUT2D eigenvalue weighted by Crippen LogP contribution is 2.04. The van der Waals surface area contributed by atoms with E-state index in [1.54, 1.807) is 0 Å². The van der Waals surface area contributed by atoms with Crippen LogP contribution in [0.5, 0.6) is 0 Å². The van der Waals surface area contributed by atoms with E-state index in [0.717, 1.165) is 31.2 Å². The number of hydrogen-bond donors (Lipinski definition) is 2. The molecule has 0 aliphatic heterocycles. The Bertz CT molecular complexity index is 298. The van der Waals surface area contributed by atoms with Crippen LogP contribution in [0.15, 0.2) is 16.5 Å². The van der Waals surface area contributed by atoms with Gasteiger partial charge in [-0.25, -0.2) is 0 Å². The van der Waals surface area contributed by atoms with Crippen molar-refractivity contribution in [3.05, 3.63) is 23.7 Å². The molecule has 1 rings (SSSR count). The molecule has 0 aromatic carbocycles. The molecule has 76 valence electrons. The van der Waals surface area contributed by atoms with Crippen molar-refractivity contribution in [2.24, 2.45) is 0 Å². The van der Waals surface area contributed by atoms with E-state index in [1.165, 1.54) is 0 Å². The minimum atomic E-state index is 0.627. The number of aryl methyl sites for hydroxylation is 1. The maximum atomic E-state index is 5.40. The molecule has 1 aromatic rings. The lowest BCUT2D eigenvalue weighted by Gasteiger charge is -2.02. The lowest BCUT2D eigenvalue weighted by Crippen LogP contribution is -2.27. The normalized spacial score (nSPS) is 10.0. The number of nitrogens with one attached hydrogen (secondary N) is 2. The Morgan fingerprint density at radius 1 is 1.36 bits per heavy atom. The van der Waals surface area contributed by atoms with Gasteiger partial charge in [-0.2, -0.15) is 0 Å². The Hall–Kier alpha value is -1.24. The molecule has 1 aromatic heterocycles. The van der Waals surface area contributed by atoms with Gasteiger partial charge in [0.25, 0.3) is 0 Å². The largest absolute Gasteiger partial charge is 0.465 e. The van der Waals surface area contributed by atoms with Crippen LogP contribution in [0, 0.1) is 19.3 Å². The average molecular weight is 192 g/mol. The Morgan fingerprint density at radius 3 is 2.79 bits per heavy atom. The number of hydrogen-bond acceptors (Lipinski definition) is 3. The molecule has 0 radical (unpaired) electrons. The van der Waals surface area contributed by atoms with Crippen LogP contribution in [0.4, 0.5) is 0 Å². The van der Waals surface area contributed by atoms with Gasteiger partial charge in [-0.05, 0) is 19.1 Å². The average Bonchev–Trinajstić information content (AvgIpc) is 2.58. The molecule has 0 atom stereocenters. The molecule has 0 spiro atoms. The Kier molecular flexibility index (Phi) is 4.84. The molecule has 0 amide bonds. The smallest absolute Gasteiger partial charge is 0.117 e. The van der Waals surface area contributed by atoms with Crippen molar-refractivity contribution < 1.29 is 4.42 Å². The van der Waals surface area contributed by atoms with Crippen molar-refractivity contribution in [2.45, 2.75) is 13.5 Å². The minimum Gasteiger partial charge on any atom is -0.465 e. The first-order chi connectivity index (χ1) is 6.83. The van der Waals surface area contributed by atoms with Gasteiger partial charge in [-0.3, -0.25) is 0 Å². The zero-order valence-electron chi connectivity index (χ0n) is 8.47. The second-order valence-corrected chi connectivity index (χ2v) is 3.07. The van der Waals surface area contributed by atoms with E-state index >= 15 is 0 Å². The molecule has 0 aliphatic rings. The van der Waals surface area contributed by atoms with E-state index in [0.29, 0.717) is 6.54 Å². The first-order valence-corrected chi connectivity index (χ1v) is 4.73. The summed E-state index contributed by atoms with van der Waals surface area (Å²) in [5.74, 6) is 4.45. The van der Waals surface area contributed by atoms with Gasteiger partial charge in [0, 0.05) is 13.1 Å². The highest BCUT2D eigenvalue weighted by Gasteiger charge is 1.96. The van der Waals surface area contributed by atoms with E-state index in [9.17, 15) is 0 Å². The van der Waals surface area contributed by atoms with Gasteiger partial charge < -0.3 is 15.1 Å². The minimum absolute atomic E-state index is 0.627. The predicted octanol–water partition coefficient (Wildman–Crippen LogP) is 0.900. The quantitative estimate of drug-likeness (QED) is 0.519. The summed E-state index contributed by atoms with van der Waals surface area (Å²) in [5.41, 5.74) is 0. The number of terminal acetylenes is 1. The lowest BCUT2D eigenvalue weighted by atomic mass is 10.4. The molecule has 0 saturated heterocycles. The first-order valence-electron chi connectivity index (χ1n) is 4.73. The fourth-order valence-corrected chi connectivity index (χ4v) is 1.13. The molecule has 0 saturated carbocycles. The molecule has 0 aliphatic carbocycles. The zero-order chi connectivity index (χ0) is 10.2. The van der Waals surface area contributed by atoms with Gasteiger partial charge in [0.1, 0.15) is 11.5 Å². The third-order valence-electron chi connectivity index (χ3n) is 1.80. The van der Waals surface area contributed by atoms with E-state index < -0.39 is 0 Å². The molecular formula is C11H16N2O. The van der Waals surface area contributed by atoms with Gasteiger partial charge in [0.2, 0.25) is 0 Å². The third-order valence-corrected chi connectivity index (χ3v) is 1.80. The van der Waals surface area contributed by atoms with Crippen LogP contribution >= 0.6 is 0 Å². The molecule has 0 fully saturated rings. The van der Waals surface area contributed by atoms with Crippen LogP contribution in [0.3, 0.4) is 0 Å². The maximum absolute atomic E-state index is 5.40. The summed E-state index contributed by atoms with van der Waals surface area (Å²) < 4.78 is 5.40. The summed E-state index contributed by atoms with van der Waals surface area (Å²) in [6, 6.07) is 3.95. The topological polar surface area (TPSA) is 37.2 Å². The molecule has 0 unspecified atom stereocenters. The van der Waals surface area contributed by atoms with Crippen molar-refractivity contribution >= 4 is 0 Å². The molecule has 0 bridgehead atoms. The summed E-state index contributed by atoms with van der Waals surface area (Å²) in [6.07, 6.45) is 5.09. The molecule has 14 heavy (non-hydrogen) atoms. The molecule has 1 heterocycles. The van der Waals surface area contributed by atoms with E-state index in [2.05, 4.69) is 16.6 Å². The fourth-order valence-electron chi connectivity index (χ4n) is 1.13. The van der Waals surface area contributed by atoms with Gasteiger partial charge >= 0.3 is 0 Å². The SMILES string of the molecule is C#CCNCCNCc1ccc(C)o1. The van der Waals surface area contributed by atoms with Crippen LogP contribution in [0.2, 0.25) is 0 Å². The predicted molar refractivity (Wildman–Crippen MR) is 56.9 cm³/mol. The van der Waals surface area contributed by atoms with E-state index in [-0.39, 0.29) is 0 Å². The second-order valence-electron chi connectivity index (χ2n) is 3.07. The van der Waals surface area contributed by atoms with Crippen molar-refractivity contribution in [3.63, 3.8) is 0 Å². The third kappa shape index (κ3) is 4.13. The Balaban J connectivity index is 2.02. The monoisotopic (exact) mass is 192 g/mol. The zero-order valence-corrected chi connectivity index (χ0v) is 8.47. The van der Waals surface area contributed by atoms with E-state index in [4.69, 9.17) is 10.8 Å². The van der Waals surface area contributed by atoms with Crippen LogP contribution in [-0.2, 0) is 6.54 Å². The van der Waals surface area contributed by atoms with E-state index in [1.807, 2.05) is 19.1 Å². The molecule has 3 nitrogen and oxygen atoms in total. The summed E-state index contributed by atoms with van der Waals surface area (Å²) in [7, 11) is 0. The van der Waals surface area contributed by atoms with Gasteiger partial charge in [-0.1, -0.05) is 5.92 Å². The molecule has 2 N–H and O–H groups in total. The van der Waals surface area contributed by atoms with Crippen LogP contribution in [-0.4, -0.2) is 19.6 Å². The highest BCUT2D eigenvalue weighted by molar-refractivity contribution is 5.05. The standard InChI is InChI=1S/C11H16N2O/c1-3-6-12-7-8-13-9-11-5-4-10(2)14-11/h1,4-5,12-13H,6-9H2,2H3. The summed E-state index contributed by atoms with van der Waals surface area (Å²) in [6.45, 7) is 5.11. The first kappa shape index (κ1) is 10.8. The van der Waals surface area contributed by atoms with Crippen LogP contribution < -0.4 is 10.6 Å². The Labute approximate surface area is 84.9 Å². The fraction of sp³-hybridized carbons (Fsp3) is 0.455. The number of furan rings is 1. The highest BCUT2D eigenvalue weighted by atomic mass is 16.3. The van der Waals surface area contributed by atoms with Crippen molar-refractivity contribution in [3.8, 4) is 12.3 Å². The number of rotatable bonds is 6. The van der Waals surface area contributed by atoms with Crippen molar-refractivity contribution in [1.82, 2.24) is 10.6 Å². The molecular weight excluding hydrogens is 176 g/mol. The van der Waals surface area contributed by atoms with Crippen molar-refractivity contribution in [1.29, 1.82) is 0 Å². The summed E-state index contributed by atoms with van der Waals surface area (Å²) in [4.78, 5) is 0. The van der Waals surface area contributed by atoms with Crippen LogP contribution in [0.25, 0.3) is 0 Å². The van der Waals surface area contributed by atoms with Gasteiger partial charge in [0.05, 0.1) is 13.1 Å². The lowest BCUT2D eigenvalue weighted by molar-refractivity contribution is 0.461. The molecule has 3 heteroatoms. The summed E-state index contributed by atoms with van der Waals surface area (Å²) in [5, 5.41) is 6.35. The van der Waals surface area contributed by atoms with Crippen molar-refractivity contribution in [2.75, 3.05) is 19.6 Å². The van der Waals surface area contributed by atoms with Gasteiger partial charge in [-0.15, -0.1) is 6.42 Å².